The van der Waals surface area contributed by atoms with Crippen molar-refractivity contribution >= 4 is 46.6 Å². The molecule has 6 heteroatoms. The predicted octanol–water partition coefficient (Wildman–Crippen LogP) is 7.14. The molecule has 31 heavy (non-hydrogen) atoms. The maximum Gasteiger partial charge on any atom is 0.248 e. The Morgan fingerprint density at radius 1 is 1.06 bits per heavy atom. The molecule has 0 radical (unpaired) electrons. The van der Waals surface area contributed by atoms with Crippen LogP contribution in [0.1, 0.15) is 25.5 Å². The van der Waals surface area contributed by atoms with E-state index in [4.69, 9.17) is 27.6 Å². The molecule has 2 heterocycles. The van der Waals surface area contributed by atoms with E-state index in [1.807, 2.05) is 48.5 Å². The Labute approximate surface area is 192 Å². The third-order valence-corrected chi connectivity index (χ3v) is 6.05. The van der Waals surface area contributed by atoms with Gasteiger partial charge in [0.25, 0.3) is 0 Å². The van der Waals surface area contributed by atoms with Crippen molar-refractivity contribution in [2.24, 2.45) is 5.92 Å². The van der Waals surface area contributed by atoms with E-state index < -0.39 is 0 Å². The van der Waals surface area contributed by atoms with Gasteiger partial charge in [0, 0.05) is 35.4 Å². The maximum absolute atomic E-state index is 12.3. The van der Waals surface area contributed by atoms with Gasteiger partial charge in [0.15, 0.2) is 0 Å². The zero-order valence-corrected chi connectivity index (χ0v) is 18.8. The zero-order valence-electron chi connectivity index (χ0n) is 17.3. The fourth-order valence-electron chi connectivity index (χ4n) is 3.64. The second-order valence-corrected chi connectivity index (χ2v) is 8.71. The van der Waals surface area contributed by atoms with Crippen molar-refractivity contribution in [3.05, 3.63) is 76.5 Å². The van der Waals surface area contributed by atoms with Crippen molar-refractivity contribution in [2.45, 2.75) is 19.8 Å². The minimum atomic E-state index is -0.250. The van der Waals surface area contributed by atoms with Gasteiger partial charge in [-0.1, -0.05) is 30.1 Å². The molecule has 3 aromatic rings. The average molecular weight is 455 g/mol. The number of piperidine rings is 1. The van der Waals surface area contributed by atoms with Gasteiger partial charge in [-0.25, -0.2) is 0 Å². The highest BCUT2D eigenvalue weighted by atomic mass is 35.5. The van der Waals surface area contributed by atoms with Crippen LogP contribution in [0.2, 0.25) is 10.0 Å². The molecule has 0 unspecified atom stereocenters. The minimum absolute atomic E-state index is 0.250. The number of benzene rings is 2. The summed E-state index contributed by atoms with van der Waals surface area (Å²) < 4.78 is 5.78. The number of hydrogen-bond acceptors (Lipinski definition) is 3. The molecule has 160 valence electrons. The lowest BCUT2D eigenvalue weighted by atomic mass is 9.99. The van der Waals surface area contributed by atoms with Crippen LogP contribution >= 0.6 is 23.2 Å². The first kappa shape index (κ1) is 21.5. The van der Waals surface area contributed by atoms with E-state index in [-0.39, 0.29) is 5.91 Å². The molecule has 0 spiro atoms. The van der Waals surface area contributed by atoms with Crippen molar-refractivity contribution in [3.63, 3.8) is 0 Å². The second-order valence-electron chi connectivity index (χ2n) is 7.87. The molecule has 1 N–H and O–H groups in total. The van der Waals surface area contributed by atoms with Gasteiger partial charge in [0.1, 0.15) is 11.5 Å². The summed E-state index contributed by atoms with van der Waals surface area (Å²) >= 11 is 12.4. The molecule has 4 nitrogen and oxygen atoms in total. The van der Waals surface area contributed by atoms with Gasteiger partial charge in [0.2, 0.25) is 5.91 Å². The van der Waals surface area contributed by atoms with Gasteiger partial charge in [-0.3, -0.25) is 4.79 Å². The number of furan rings is 1. The second kappa shape index (κ2) is 9.63. The van der Waals surface area contributed by atoms with E-state index in [2.05, 4.69) is 17.1 Å². The molecule has 2 aromatic carbocycles. The molecule has 0 aliphatic carbocycles. The normalized spacial score (nSPS) is 14.9. The monoisotopic (exact) mass is 454 g/mol. The van der Waals surface area contributed by atoms with Crippen LogP contribution in [-0.4, -0.2) is 19.0 Å². The number of carbonyl (C=O) groups excluding carboxylic acids is 1. The van der Waals surface area contributed by atoms with Gasteiger partial charge in [-0.2, -0.15) is 0 Å². The first-order chi connectivity index (χ1) is 15.0. The SMILES string of the molecule is CC1CCN(c2ccc(NC(=O)/C=C/c3ccc(-c4ccc(Cl)cc4)o3)cc2Cl)CC1. The first-order valence-electron chi connectivity index (χ1n) is 10.4. The van der Waals surface area contributed by atoms with E-state index in [1.54, 1.807) is 12.1 Å². The van der Waals surface area contributed by atoms with Crippen molar-refractivity contribution < 1.29 is 9.21 Å². The average Bonchev–Trinajstić information content (AvgIpc) is 3.23. The number of nitrogens with zero attached hydrogens (tertiary/aromatic N) is 1. The van der Waals surface area contributed by atoms with Crippen LogP contribution in [-0.2, 0) is 4.79 Å². The number of anilines is 2. The number of carbonyl (C=O) groups is 1. The lowest BCUT2D eigenvalue weighted by Crippen LogP contribution is -2.32. The third-order valence-electron chi connectivity index (χ3n) is 5.49. The molecule has 1 amide bonds. The fourth-order valence-corrected chi connectivity index (χ4v) is 4.07. The Kier molecular flexibility index (Phi) is 6.69. The highest BCUT2D eigenvalue weighted by Crippen LogP contribution is 2.32. The van der Waals surface area contributed by atoms with Crippen LogP contribution in [0, 0.1) is 5.92 Å². The van der Waals surface area contributed by atoms with E-state index in [0.29, 0.717) is 27.3 Å². The van der Waals surface area contributed by atoms with Crippen LogP contribution in [0.4, 0.5) is 11.4 Å². The van der Waals surface area contributed by atoms with Crippen molar-refractivity contribution in [3.8, 4) is 11.3 Å². The molecule has 1 aliphatic rings. The van der Waals surface area contributed by atoms with Crippen molar-refractivity contribution in [1.82, 2.24) is 0 Å². The number of amides is 1. The van der Waals surface area contributed by atoms with Gasteiger partial charge < -0.3 is 14.6 Å². The van der Waals surface area contributed by atoms with Gasteiger partial charge in [0.05, 0.1) is 10.7 Å². The third kappa shape index (κ3) is 5.52. The van der Waals surface area contributed by atoms with Crippen LogP contribution in [0.3, 0.4) is 0 Å². The quantitative estimate of drug-likeness (QED) is 0.416. The number of hydrogen-bond donors (Lipinski definition) is 1. The number of nitrogens with one attached hydrogen (secondary N) is 1. The Hall–Kier alpha value is -2.69. The standard InChI is InChI=1S/C25H24Cl2N2O2/c1-17-12-14-29(15-13-17)23-9-6-20(16-22(23)27)28-25(30)11-8-21-7-10-24(31-21)18-2-4-19(26)5-3-18/h2-11,16-17H,12-15H2,1H3,(H,28,30)/b11-8+. The summed E-state index contributed by atoms with van der Waals surface area (Å²) in [5, 5.41) is 4.17. The summed E-state index contributed by atoms with van der Waals surface area (Å²) in [6, 6.07) is 16.7. The van der Waals surface area contributed by atoms with Crippen LogP contribution < -0.4 is 10.2 Å². The Balaban J connectivity index is 1.37. The minimum Gasteiger partial charge on any atom is -0.457 e. The summed E-state index contributed by atoms with van der Waals surface area (Å²) in [5.41, 5.74) is 2.61. The maximum atomic E-state index is 12.3. The zero-order chi connectivity index (χ0) is 21.8. The molecule has 0 atom stereocenters. The predicted molar refractivity (Wildman–Crippen MR) is 129 cm³/mol. The summed E-state index contributed by atoms with van der Waals surface area (Å²) in [5.74, 6) is 1.82. The van der Waals surface area contributed by atoms with Crippen LogP contribution in [0.25, 0.3) is 17.4 Å². The molecule has 1 fully saturated rings. The van der Waals surface area contributed by atoms with E-state index >= 15 is 0 Å². The van der Waals surface area contributed by atoms with Gasteiger partial charge in [-0.05, 0) is 79.4 Å². The van der Waals surface area contributed by atoms with Gasteiger partial charge in [-0.15, -0.1) is 0 Å². The molecule has 1 saturated heterocycles. The largest absolute Gasteiger partial charge is 0.457 e. The molecular formula is C25H24Cl2N2O2. The summed E-state index contributed by atoms with van der Waals surface area (Å²) in [6.45, 7) is 4.30. The summed E-state index contributed by atoms with van der Waals surface area (Å²) in [6.07, 6.45) is 5.43. The molecule has 1 aromatic heterocycles. The fraction of sp³-hybridized carbons (Fsp3) is 0.240. The first-order valence-corrected chi connectivity index (χ1v) is 11.1. The molecule has 0 saturated carbocycles. The van der Waals surface area contributed by atoms with Crippen molar-refractivity contribution in [1.29, 1.82) is 0 Å². The number of rotatable bonds is 5. The highest BCUT2D eigenvalue weighted by molar-refractivity contribution is 6.33. The smallest absolute Gasteiger partial charge is 0.248 e. The Morgan fingerprint density at radius 2 is 1.81 bits per heavy atom. The van der Waals surface area contributed by atoms with Crippen LogP contribution in [0.5, 0.6) is 0 Å². The molecule has 1 aliphatic heterocycles. The van der Waals surface area contributed by atoms with E-state index in [0.717, 1.165) is 30.3 Å². The lowest BCUT2D eigenvalue weighted by molar-refractivity contribution is -0.111. The number of halogens is 2. The molecule has 4 rings (SSSR count). The summed E-state index contributed by atoms with van der Waals surface area (Å²) in [7, 11) is 0. The van der Waals surface area contributed by atoms with Gasteiger partial charge >= 0.3 is 0 Å². The van der Waals surface area contributed by atoms with Crippen molar-refractivity contribution in [2.75, 3.05) is 23.3 Å². The van der Waals surface area contributed by atoms with E-state index in [1.165, 1.54) is 18.9 Å². The van der Waals surface area contributed by atoms with Crippen LogP contribution in [0.15, 0.2) is 65.1 Å². The Bertz CT molecular complexity index is 1080. The molecule has 0 bridgehead atoms. The molecular weight excluding hydrogens is 431 g/mol. The highest BCUT2D eigenvalue weighted by Gasteiger charge is 2.18. The van der Waals surface area contributed by atoms with E-state index in [9.17, 15) is 4.79 Å². The topological polar surface area (TPSA) is 45.5 Å². The lowest BCUT2D eigenvalue weighted by Gasteiger charge is -2.32. The Morgan fingerprint density at radius 3 is 2.52 bits per heavy atom. The summed E-state index contributed by atoms with van der Waals surface area (Å²) in [4.78, 5) is 14.6.